The third kappa shape index (κ3) is 66.1. The number of unbranched alkanes of at least 4 members (excludes halogenated alkanes) is 46. The summed E-state index contributed by atoms with van der Waals surface area (Å²) in [6.45, 7) is 6.64. The van der Waals surface area contributed by atoms with Gasteiger partial charge in [-0.1, -0.05) is 313 Å². The van der Waals surface area contributed by atoms with Crippen LogP contribution in [0.2, 0.25) is 0 Å². The lowest BCUT2D eigenvalue weighted by atomic mass is 10.0. The molecule has 79 heavy (non-hydrogen) atoms. The van der Waals surface area contributed by atoms with E-state index in [0.29, 0.717) is 19.3 Å². The van der Waals surface area contributed by atoms with Crippen molar-refractivity contribution in [2.75, 3.05) is 13.2 Å². The lowest BCUT2D eigenvalue weighted by Gasteiger charge is -2.18. The van der Waals surface area contributed by atoms with E-state index in [-0.39, 0.29) is 31.1 Å². The fraction of sp³-hybridized carbons (Fsp3) is 0.849. The fourth-order valence-electron chi connectivity index (χ4n) is 10.5. The number of hydrogen-bond acceptors (Lipinski definition) is 6. The normalized spacial score (nSPS) is 12.3. The van der Waals surface area contributed by atoms with Crippen LogP contribution in [0, 0.1) is 0 Å². The molecule has 0 aliphatic carbocycles. The molecule has 6 heteroatoms. The molecule has 6 nitrogen and oxygen atoms in total. The zero-order chi connectivity index (χ0) is 57.1. The van der Waals surface area contributed by atoms with Crippen molar-refractivity contribution in [1.29, 1.82) is 0 Å². The number of hydrogen-bond donors (Lipinski definition) is 0. The van der Waals surface area contributed by atoms with E-state index in [9.17, 15) is 14.4 Å². The Morgan fingerprint density at radius 3 is 0.747 bits per heavy atom. The monoisotopic (exact) mass is 1110 g/mol. The minimum atomic E-state index is -0.776. The van der Waals surface area contributed by atoms with Crippen molar-refractivity contribution in [3.8, 4) is 0 Å². The van der Waals surface area contributed by atoms with Gasteiger partial charge in [0.25, 0.3) is 0 Å². The van der Waals surface area contributed by atoms with Gasteiger partial charge in [0.1, 0.15) is 13.2 Å². The smallest absolute Gasteiger partial charge is 0.306 e. The van der Waals surface area contributed by atoms with Gasteiger partial charge in [-0.05, 0) is 96.3 Å². The van der Waals surface area contributed by atoms with E-state index >= 15 is 0 Å². The van der Waals surface area contributed by atoms with Gasteiger partial charge in [0, 0.05) is 19.3 Å². The Morgan fingerprint density at radius 1 is 0.253 bits per heavy atom. The molecule has 0 bridgehead atoms. The summed E-state index contributed by atoms with van der Waals surface area (Å²) < 4.78 is 16.9. The zero-order valence-electron chi connectivity index (χ0n) is 53.2. The highest BCUT2D eigenvalue weighted by atomic mass is 16.6. The molecule has 1 atom stereocenters. The van der Waals surface area contributed by atoms with E-state index in [0.717, 1.165) is 70.6 Å². The van der Waals surface area contributed by atoms with Gasteiger partial charge in [0.2, 0.25) is 0 Å². The Morgan fingerprint density at radius 2 is 0.468 bits per heavy atom. The molecule has 0 aliphatic heterocycles. The van der Waals surface area contributed by atoms with Gasteiger partial charge in [-0.15, -0.1) is 0 Å². The molecule has 0 N–H and O–H groups in total. The van der Waals surface area contributed by atoms with Gasteiger partial charge in [-0.2, -0.15) is 0 Å². The van der Waals surface area contributed by atoms with Crippen molar-refractivity contribution in [3.05, 3.63) is 48.6 Å². The van der Waals surface area contributed by atoms with Crippen molar-refractivity contribution in [2.24, 2.45) is 0 Å². The van der Waals surface area contributed by atoms with E-state index in [1.165, 1.54) is 270 Å². The third-order valence-corrected chi connectivity index (χ3v) is 15.8. The minimum absolute atomic E-state index is 0.0724. The number of carbonyl (C=O) groups is 3. The van der Waals surface area contributed by atoms with Crippen LogP contribution in [0.3, 0.4) is 0 Å². The summed E-state index contributed by atoms with van der Waals surface area (Å²) in [5.41, 5.74) is 0. The summed E-state index contributed by atoms with van der Waals surface area (Å²) in [5, 5.41) is 0. The summed E-state index contributed by atoms with van der Waals surface area (Å²) in [7, 11) is 0. The highest BCUT2D eigenvalue weighted by Crippen LogP contribution is 2.18. The molecule has 0 aromatic rings. The van der Waals surface area contributed by atoms with Gasteiger partial charge in [-0.3, -0.25) is 14.4 Å². The summed E-state index contributed by atoms with van der Waals surface area (Å²) in [6, 6.07) is 0. The van der Waals surface area contributed by atoms with Crippen molar-refractivity contribution >= 4 is 17.9 Å². The van der Waals surface area contributed by atoms with E-state index in [2.05, 4.69) is 69.4 Å². The summed E-state index contributed by atoms with van der Waals surface area (Å²) >= 11 is 0. The predicted molar refractivity (Wildman–Crippen MR) is 344 cm³/mol. The zero-order valence-corrected chi connectivity index (χ0v) is 53.2. The van der Waals surface area contributed by atoms with E-state index < -0.39 is 6.10 Å². The van der Waals surface area contributed by atoms with Crippen LogP contribution >= 0.6 is 0 Å². The van der Waals surface area contributed by atoms with E-state index in [1.54, 1.807) is 0 Å². The van der Waals surface area contributed by atoms with Crippen LogP contribution in [-0.2, 0) is 28.6 Å². The second-order valence-electron chi connectivity index (χ2n) is 23.8. The van der Waals surface area contributed by atoms with Crippen molar-refractivity contribution < 1.29 is 28.6 Å². The first-order valence-corrected chi connectivity index (χ1v) is 35.1. The number of carbonyl (C=O) groups excluding carboxylic acids is 3. The highest BCUT2D eigenvalue weighted by molar-refractivity contribution is 5.71. The molecule has 0 aliphatic rings. The molecule has 0 radical (unpaired) electrons. The second-order valence-corrected chi connectivity index (χ2v) is 23.8. The Hall–Kier alpha value is -2.63. The lowest BCUT2D eigenvalue weighted by molar-refractivity contribution is -0.167. The van der Waals surface area contributed by atoms with Gasteiger partial charge in [-0.25, -0.2) is 0 Å². The van der Waals surface area contributed by atoms with Gasteiger partial charge in [0.05, 0.1) is 0 Å². The molecular weight excluding hydrogens is 973 g/mol. The first-order chi connectivity index (χ1) is 39.0. The molecule has 0 saturated heterocycles. The van der Waals surface area contributed by atoms with Crippen LogP contribution in [0.1, 0.15) is 380 Å². The fourth-order valence-corrected chi connectivity index (χ4v) is 10.5. The second kappa shape index (κ2) is 67.9. The maximum absolute atomic E-state index is 12.9. The molecule has 0 amide bonds. The Kier molecular flexibility index (Phi) is 65.6. The number of ether oxygens (including phenoxy) is 3. The molecule has 0 aromatic carbocycles. The Balaban J connectivity index is 4.12. The van der Waals surface area contributed by atoms with Crippen molar-refractivity contribution in [1.82, 2.24) is 0 Å². The SMILES string of the molecule is CCCC/C=C\CCCCCCCC(=O)OCC(COC(=O)CCCCCCCCCCCCCCCCCCCCC/C=C\C/C=C\CCCCCCC)OC(=O)CCCCCCCCCCC/C=C\CCCCCCCC. The third-order valence-electron chi connectivity index (χ3n) is 15.8. The molecule has 0 aromatic heterocycles. The number of allylic oxidation sites excluding steroid dienone is 8. The average Bonchev–Trinajstić information content (AvgIpc) is 3.45. The highest BCUT2D eigenvalue weighted by Gasteiger charge is 2.19. The standard InChI is InChI=1S/C73H134O6/c1-4-7-10-13-16-19-22-24-26-28-30-31-32-33-34-35-36-37-38-39-40-41-43-44-46-48-51-54-57-60-63-66-72(75)78-69-70(68-77-71(74)65-62-59-56-53-50-21-18-15-12-9-6-3)79-73(76)67-64-61-58-55-52-49-47-45-42-29-27-25-23-20-17-14-11-8-5-2/h15,18,22,24-25,27-28,30,70H,4-14,16-17,19-21,23,26,29,31-69H2,1-3H3/b18-15-,24-22-,27-25-,30-28-. The van der Waals surface area contributed by atoms with Gasteiger partial charge in [0.15, 0.2) is 6.10 Å². The van der Waals surface area contributed by atoms with Crippen molar-refractivity contribution in [3.63, 3.8) is 0 Å². The van der Waals surface area contributed by atoms with Crippen LogP contribution in [-0.4, -0.2) is 37.2 Å². The van der Waals surface area contributed by atoms with Crippen molar-refractivity contribution in [2.45, 2.75) is 386 Å². The summed E-state index contributed by atoms with van der Waals surface area (Å²) in [6.07, 6.45) is 85.8. The molecule has 0 spiro atoms. The molecule has 0 fully saturated rings. The molecular formula is C73H134O6. The largest absolute Gasteiger partial charge is 0.462 e. The molecule has 1 unspecified atom stereocenters. The first-order valence-electron chi connectivity index (χ1n) is 35.1. The average molecular weight is 1110 g/mol. The van der Waals surface area contributed by atoms with Gasteiger partial charge >= 0.3 is 17.9 Å². The molecule has 0 saturated carbocycles. The van der Waals surface area contributed by atoms with Crippen LogP contribution in [0.25, 0.3) is 0 Å². The lowest BCUT2D eigenvalue weighted by Crippen LogP contribution is -2.30. The van der Waals surface area contributed by atoms with Crippen LogP contribution in [0.4, 0.5) is 0 Å². The molecule has 0 rings (SSSR count). The maximum atomic E-state index is 12.9. The van der Waals surface area contributed by atoms with E-state index in [4.69, 9.17) is 14.2 Å². The summed E-state index contributed by atoms with van der Waals surface area (Å²) in [4.78, 5) is 38.3. The molecule has 462 valence electrons. The minimum Gasteiger partial charge on any atom is -0.462 e. The molecule has 0 heterocycles. The maximum Gasteiger partial charge on any atom is 0.306 e. The van der Waals surface area contributed by atoms with Gasteiger partial charge < -0.3 is 14.2 Å². The Bertz CT molecular complexity index is 1360. The quantitative estimate of drug-likeness (QED) is 0.0261. The van der Waals surface area contributed by atoms with E-state index in [1.807, 2.05) is 0 Å². The topological polar surface area (TPSA) is 78.9 Å². The predicted octanol–water partition coefficient (Wildman–Crippen LogP) is 24.1. The summed E-state index contributed by atoms with van der Waals surface area (Å²) in [5.74, 6) is -0.862. The number of rotatable bonds is 65. The first kappa shape index (κ1) is 76.4. The van der Waals surface area contributed by atoms with Crippen LogP contribution in [0.5, 0.6) is 0 Å². The van der Waals surface area contributed by atoms with Crippen LogP contribution < -0.4 is 0 Å². The van der Waals surface area contributed by atoms with Crippen LogP contribution in [0.15, 0.2) is 48.6 Å². The Labute approximate surface area is 492 Å². The number of esters is 3.